The van der Waals surface area contributed by atoms with Crippen molar-refractivity contribution in [3.05, 3.63) is 77.5 Å². The number of rotatable bonds is 5. The number of amides is 2. The van der Waals surface area contributed by atoms with E-state index in [0.717, 1.165) is 11.1 Å². The van der Waals surface area contributed by atoms with Gasteiger partial charge in [-0.25, -0.2) is 27.9 Å². The van der Waals surface area contributed by atoms with Gasteiger partial charge in [-0.1, -0.05) is 60.2 Å². The highest BCUT2D eigenvalue weighted by Crippen LogP contribution is 2.23. The normalized spacial score (nSPS) is 11.0. The van der Waals surface area contributed by atoms with Crippen LogP contribution in [0.2, 0.25) is 5.02 Å². The molecule has 3 rings (SSSR count). The van der Waals surface area contributed by atoms with Crippen LogP contribution in [-0.4, -0.2) is 24.4 Å². The van der Waals surface area contributed by atoms with Gasteiger partial charge < -0.3 is 0 Å². The van der Waals surface area contributed by atoms with E-state index in [-0.39, 0.29) is 15.9 Å². The van der Waals surface area contributed by atoms with E-state index < -0.39 is 16.1 Å². The van der Waals surface area contributed by atoms with Gasteiger partial charge in [-0.2, -0.15) is 0 Å². The molecule has 0 bridgehead atoms. The van der Waals surface area contributed by atoms with Crippen LogP contribution in [0.15, 0.2) is 66.2 Å². The van der Waals surface area contributed by atoms with Crippen molar-refractivity contribution in [1.82, 2.24) is 14.7 Å². The summed E-state index contributed by atoms with van der Waals surface area (Å²) in [5.41, 5.74) is 3.07. The number of hydrogen-bond acceptors (Lipinski definition) is 5. The quantitative estimate of drug-likeness (QED) is 0.632. The first-order valence-electron chi connectivity index (χ1n) is 8.44. The number of urea groups is 1. The monoisotopic (exact) mass is 428 g/mol. The third-order valence-electron chi connectivity index (χ3n) is 3.94. The van der Waals surface area contributed by atoms with Gasteiger partial charge in [0.15, 0.2) is 0 Å². The number of carbonyl (C=O) groups excluding carboxylic acids is 1. The van der Waals surface area contributed by atoms with E-state index in [4.69, 9.17) is 11.6 Å². The van der Waals surface area contributed by atoms with Crippen LogP contribution in [0.25, 0.3) is 17.3 Å². The Morgan fingerprint density at radius 2 is 1.86 bits per heavy atom. The number of sulfonamides is 1. The minimum absolute atomic E-state index is 0.0199. The molecule has 0 aliphatic heterocycles. The molecular formula is C20H17ClN4O3S. The van der Waals surface area contributed by atoms with Gasteiger partial charge in [0.2, 0.25) is 5.95 Å². The average molecular weight is 429 g/mol. The lowest BCUT2D eigenvalue weighted by atomic mass is 10.1. The van der Waals surface area contributed by atoms with Crippen LogP contribution >= 0.6 is 11.6 Å². The molecule has 0 atom stereocenters. The predicted octanol–water partition coefficient (Wildman–Crippen LogP) is 4.26. The second-order valence-electron chi connectivity index (χ2n) is 6.09. The Kier molecular flexibility index (Phi) is 5.95. The van der Waals surface area contributed by atoms with Gasteiger partial charge in [0.1, 0.15) is 4.90 Å². The molecule has 0 aliphatic rings. The lowest BCUT2D eigenvalue weighted by Crippen LogP contribution is -2.35. The van der Waals surface area contributed by atoms with Crippen LogP contribution in [0.3, 0.4) is 0 Å². The number of halogens is 1. The number of nitrogens with one attached hydrogen (secondary N) is 2. The number of aromatic nitrogens is 2. The van der Waals surface area contributed by atoms with Crippen LogP contribution < -0.4 is 10.0 Å². The Bertz CT molecular complexity index is 1180. The Labute approximate surface area is 173 Å². The second-order valence-corrected chi connectivity index (χ2v) is 8.14. The molecule has 0 spiro atoms. The molecule has 1 aromatic heterocycles. The summed E-state index contributed by atoms with van der Waals surface area (Å²) in [5, 5.41) is 2.30. The van der Waals surface area contributed by atoms with Crippen LogP contribution in [0.4, 0.5) is 10.7 Å². The van der Waals surface area contributed by atoms with Crippen molar-refractivity contribution in [3.8, 4) is 11.3 Å². The lowest BCUT2D eigenvalue weighted by Gasteiger charge is -2.10. The summed E-state index contributed by atoms with van der Waals surface area (Å²) in [7, 11) is -4.21. The van der Waals surface area contributed by atoms with Crippen molar-refractivity contribution >= 4 is 39.7 Å². The van der Waals surface area contributed by atoms with E-state index in [9.17, 15) is 13.2 Å². The predicted molar refractivity (Wildman–Crippen MR) is 113 cm³/mol. The highest BCUT2D eigenvalue weighted by Gasteiger charge is 2.21. The first kappa shape index (κ1) is 20.5. The van der Waals surface area contributed by atoms with Crippen LogP contribution in [0.5, 0.6) is 0 Å². The molecule has 0 unspecified atom stereocenters. The van der Waals surface area contributed by atoms with Crippen molar-refractivity contribution < 1.29 is 13.2 Å². The summed E-state index contributed by atoms with van der Waals surface area (Å²) in [4.78, 5) is 20.2. The van der Waals surface area contributed by atoms with Crippen molar-refractivity contribution in [1.29, 1.82) is 0 Å². The maximum atomic E-state index is 12.5. The van der Waals surface area contributed by atoms with Crippen LogP contribution in [-0.2, 0) is 10.0 Å². The van der Waals surface area contributed by atoms with Gasteiger partial charge in [0.25, 0.3) is 10.0 Å². The molecule has 3 aromatic rings. The topological polar surface area (TPSA) is 101 Å². The molecule has 0 radical (unpaired) electrons. The minimum atomic E-state index is -4.21. The summed E-state index contributed by atoms with van der Waals surface area (Å²) < 4.78 is 26.9. The largest absolute Gasteiger partial charge is 0.335 e. The van der Waals surface area contributed by atoms with Gasteiger partial charge >= 0.3 is 6.03 Å². The zero-order valence-corrected chi connectivity index (χ0v) is 17.0. The van der Waals surface area contributed by atoms with Crippen LogP contribution in [0.1, 0.15) is 11.1 Å². The van der Waals surface area contributed by atoms with Crippen LogP contribution in [0, 0.1) is 6.92 Å². The standard InChI is InChI=1S/C20H17ClN4O3S/c1-3-14-6-9-16(21)18(12-14)29(27,28)25-20(26)24-19-22-11-10-17(23-19)15-7-4-13(2)5-8-15/h3-12H,1H2,2H3,(H2,22,23,24,25,26). The first-order chi connectivity index (χ1) is 13.8. The average Bonchev–Trinajstić information content (AvgIpc) is 2.68. The smallest absolute Gasteiger partial charge is 0.275 e. The summed E-state index contributed by atoms with van der Waals surface area (Å²) in [6, 6.07) is 12.7. The molecule has 0 saturated carbocycles. The Morgan fingerprint density at radius 3 is 2.55 bits per heavy atom. The molecule has 0 aliphatic carbocycles. The third kappa shape index (κ3) is 4.98. The molecule has 9 heteroatoms. The highest BCUT2D eigenvalue weighted by atomic mass is 35.5. The Morgan fingerprint density at radius 1 is 1.14 bits per heavy atom. The van der Waals surface area contributed by atoms with E-state index in [1.165, 1.54) is 24.4 Å². The fraction of sp³-hybridized carbons (Fsp3) is 0.0500. The fourth-order valence-corrected chi connectivity index (χ4v) is 3.90. The van der Waals surface area contributed by atoms with Gasteiger partial charge in [-0.05, 0) is 30.7 Å². The van der Waals surface area contributed by atoms with E-state index in [1.807, 2.05) is 35.9 Å². The van der Waals surface area contributed by atoms with E-state index in [0.29, 0.717) is 11.3 Å². The Hall–Kier alpha value is -3.23. The van der Waals surface area contributed by atoms with Crippen molar-refractivity contribution in [2.75, 3.05) is 5.32 Å². The van der Waals surface area contributed by atoms with Gasteiger partial charge in [0.05, 0.1) is 10.7 Å². The van der Waals surface area contributed by atoms with Crippen molar-refractivity contribution in [2.45, 2.75) is 11.8 Å². The minimum Gasteiger partial charge on any atom is -0.275 e. The molecule has 1 heterocycles. The fourth-order valence-electron chi connectivity index (χ4n) is 2.46. The molecule has 7 nitrogen and oxygen atoms in total. The van der Waals surface area contributed by atoms with Crippen molar-refractivity contribution in [2.24, 2.45) is 0 Å². The summed E-state index contributed by atoms with van der Waals surface area (Å²) >= 11 is 5.97. The number of hydrogen-bond donors (Lipinski definition) is 2. The first-order valence-corrected chi connectivity index (χ1v) is 10.3. The lowest BCUT2D eigenvalue weighted by molar-refractivity contribution is 0.256. The Balaban J connectivity index is 1.78. The number of aryl methyl sites for hydroxylation is 1. The number of carbonyl (C=O) groups is 1. The SMILES string of the molecule is C=Cc1ccc(Cl)c(S(=O)(=O)NC(=O)Nc2nccc(-c3ccc(C)cc3)n2)c1. The van der Waals surface area contributed by atoms with Gasteiger partial charge in [0, 0.05) is 11.8 Å². The molecule has 148 valence electrons. The molecule has 29 heavy (non-hydrogen) atoms. The number of benzene rings is 2. The molecule has 2 N–H and O–H groups in total. The molecular weight excluding hydrogens is 412 g/mol. The molecule has 0 saturated heterocycles. The van der Waals surface area contributed by atoms with Crippen molar-refractivity contribution in [3.63, 3.8) is 0 Å². The van der Waals surface area contributed by atoms with Gasteiger partial charge in [-0.3, -0.25) is 5.32 Å². The maximum absolute atomic E-state index is 12.5. The van der Waals surface area contributed by atoms with Gasteiger partial charge in [-0.15, -0.1) is 0 Å². The molecule has 2 amide bonds. The summed E-state index contributed by atoms with van der Waals surface area (Å²) in [5.74, 6) is -0.0401. The summed E-state index contributed by atoms with van der Waals surface area (Å²) in [6.07, 6.45) is 2.94. The van der Waals surface area contributed by atoms with E-state index in [2.05, 4.69) is 21.9 Å². The number of nitrogens with zero attached hydrogens (tertiary/aromatic N) is 2. The summed E-state index contributed by atoms with van der Waals surface area (Å²) in [6.45, 7) is 5.56. The second kappa shape index (κ2) is 8.42. The maximum Gasteiger partial charge on any atom is 0.335 e. The zero-order chi connectivity index (χ0) is 21.0. The molecule has 0 fully saturated rings. The van der Waals surface area contributed by atoms with E-state index in [1.54, 1.807) is 12.1 Å². The number of anilines is 1. The zero-order valence-electron chi connectivity index (χ0n) is 15.4. The highest BCUT2D eigenvalue weighted by molar-refractivity contribution is 7.90. The van der Waals surface area contributed by atoms with E-state index >= 15 is 0 Å². The third-order valence-corrected chi connectivity index (χ3v) is 5.75. The molecule has 2 aromatic carbocycles.